The summed E-state index contributed by atoms with van der Waals surface area (Å²) in [5, 5.41) is 0.395. The average Bonchev–Trinajstić information content (AvgIpc) is 2.31. The second kappa shape index (κ2) is 6.29. The van der Waals surface area contributed by atoms with Crippen molar-refractivity contribution in [3.05, 3.63) is 22.7 Å². The average molecular weight is 285 g/mol. The van der Waals surface area contributed by atoms with Crippen LogP contribution in [0.4, 0.5) is 0 Å². The van der Waals surface area contributed by atoms with E-state index in [0.717, 1.165) is 0 Å². The summed E-state index contributed by atoms with van der Waals surface area (Å²) < 4.78 is 11.0. The van der Waals surface area contributed by atoms with Crippen LogP contribution >= 0.6 is 11.6 Å². The van der Waals surface area contributed by atoms with Gasteiger partial charge < -0.3 is 9.47 Å². The second-order valence-corrected chi connectivity index (χ2v) is 5.63. The van der Waals surface area contributed by atoms with E-state index < -0.39 is 5.41 Å². The zero-order chi connectivity index (χ0) is 14.6. The molecule has 0 radical (unpaired) electrons. The number of benzene rings is 1. The maximum Gasteiger partial charge on any atom is 0.169 e. The molecule has 0 fully saturated rings. The van der Waals surface area contributed by atoms with Crippen molar-refractivity contribution in [1.82, 2.24) is 0 Å². The largest absolute Gasteiger partial charge is 0.490 e. The van der Waals surface area contributed by atoms with Crippen LogP contribution in [0.5, 0.6) is 11.5 Å². The van der Waals surface area contributed by atoms with Crippen LogP contribution in [0.25, 0.3) is 0 Å². The molecule has 0 heterocycles. The molecule has 0 N–H and O–H groups in total. The van der Waals surface area contributed by atoms with E-state index in [1.165, 1.54) is 0 Å². The van der Waals surface area contributed by atoms with Gasteiger partial charge in [-0.1, -0.05) is 32.4 Å². The van der Waals surface area contributed by atoms with Crippen molar-refractivity contribution in [2.45, 2.75) is 34.6 Å². The summed E-state index contributed by atoms with van der Waals surface area (Å²) in [6.07, 6.45) is 0. The Balaban J connectivity index is 3.27. The molecular weight excluding hydrogens is 264 g/mol. The molecule has 1 aromatic rings. The molecule has 4 heteroatoms. The number of ether oxygens (including phenoxy) is 2. The second-order valence-electron chi connectivity index (χ2n) is 5.22. The minimum Gasteiger partial charge on any atom is -0.490 e. The Kier molecular flexibility index (Phi) is 5.24. The number of ketones is 1. The predicted molar refractivity (Wildman–Crippen MR) is 77.6 cm³/mol. The van der Waals surface area contributed by atoms with Crippen molar-refractivity contribution in [3.63, 3.8) is 0 Å². The normalized spacial score (nSPS) is 11.3. The first kappa shape index (κ1) is 15.8. The molecule has 0 bridgehead atoms. The lowest BCUT2D eigenvalue weighted by molar-refractivity contribution is 0.0858. The van der Waals surface area contributed by atoms with Gasteiger partial charge in [0.1, 0.15) is 0 Å². The highest BCUT2D eigenvalue weighted by molar-refractivity contribution is 6.34. The summed E-state index contributed by atoms with van der Waals surface area (Å²) in [5.41, 5.74) is -0.0126. The third-order valence-electron chi connectivity index (χ3n) is 2.56. The zero-order valence-electron chi connectivity index (χ0n) is 12.2. The molecule has 106 valence electrons. The van der Waals surface area contributed by atoms with E-state index in [1.807, 2.05) is 34.6 Å². The Bertz CT molecular complexity index is 461. The topological polar surface area (TPSA) is 35.5 Å². The van der Waals surface area contributed by atoms with E-state index in [4.69, 9.17) is 21.1 Å². The van der Waals surface area contributed by atoms with E-state index in [0.29, 0.717) is 35.3 Å². The molecule has 0 aromatic heterocycles. The Morgan fingerprint density at radius 1 is 1.11 bits per heavy atom. The molecule has 19 heavy (non-hydrogen) atoms. The van der Waals surface area contributed by atoms with Gasteiger partial charge in [-0.15, -0.1) is 0 Å². The molecule has 0 saturated carbocycles. The van der Waals surface area contributed by atoms with E-state index >= 15 is 0 Å². The standard InChI is InChI=1S/C15H21ClO3/c1-6-18-12-8-10(14(17)15(3,4)5)11(16)9-13(12)19-7-2/h8-9H,6-7H2,1-5H3. The van der Waals surface area contributed by atoms with Crippen molar-refractivity contribution in [2.24, 2.45) is 5.41 Å². The SMILES string of the molecule is CCOc1cc(Cl)c(C(=O)C(C)(C)C)cc1OCC. The van der Waals surface area contributed by atoms with E-state index in [1.54, 1.807) is 12.1 Å². The van der Waals surface area contributed by atoms with Gasteiger partial charge in [-0.05, 0) is 19.9 Å². The Morgan fingerprint density at radius 2 is 1.58 bits per heavy atom. The van der Waals surface area contributed by atoms with Gasteiger partial charge in [-0.25, -0.2) is 0 Å². The van der Waals surface area contributed by atoms with Crippen LogP contribution in [0, 0.1) is 5.41 Å². The van der Waals surface area contributed by atoms with E-state index in [-0.39, 0.29) is 5.78 Å². The fourth-order valence-electron chi connectivity index (χ4n) is 1.65. The van der Waals surface area contributed by atoms with Gasteiger partial charge in [0.25, 0.3) is 0 Å². The maximum atomic E-state index is 12.3. The van der Waals surface area contributed by atoms with Gasteiger partial charge in [-0.3, -0.25) is 4.79 Å². The first-order valence-electron chi connectivity index (χ1n) is 6.45. The summed E-state index contributed by atoms with van der Waals surface area (Å²) in [7, 11) is 0. The number of Topliss-reactive ketones (excluding diaryl/α,β-unsaturated/α-hetero) is 1. The van der Waals surface area contributed by atoms with Crippen LogP contribution in [-0.4, -0.2) is 19.0 Å². The fraction of sp³-hybridized carbons (Fsp3) is 0.533. The molecule has 0 saturated heterocycles. The summed E-state index contributed by atoms with van der Waals surface area (Å²) in [5.74, 6) is 1.11. The van der Waals surface area contributed by atoms with Gasteiger partial charge in [0.15, 0.2) is 17.3 Å². The van der Waals surface area contributed by atoms with Crippen molar-refractivity contribution in [2.75, 3.05) is 13.2 Å². The summed E-state index contributed by atoms with van der Waals surface area (Å²) >= 11 is 6.18. The Labute approximate surface area is 119 Å². The lowest BCUT2D eigenvalue weighted by Gasteiger charge is -2.19. The number of halogens is 1. The molecule has 0 aliphatic heterocycles. The molecule has 0 unspecified atom stereocenters. The highest BCUT2D eigenvalue weighted by atomic mass is 35.5. The molecule has 0 amide bonds. The zero-order valence-corrected chi connectivity index (χ0v) is 12.9. The molecule has 0 aliphatic carbocycles. The van der Waals surface area contributed by atoms with E-state index in [9.17, 15) is 4.79 Å². The fourth-order valence-corrected chi connectivity index (χ4v) is 1.89. The van der Waals surface area contributed by atoms with Gasteiger partial charge in [0.05, 0.1) is 18.2 Å². The lowest BCUT2D eigenvalue weighted by atomic mass is 9.86. The molecule has 0 spiro atoms. The van der Waals surface area contributed by atoms with E-state index in [2.05, 4.69) is 0 Å². The Hall–Kier alpha value is -1.22. The third kappa shape index (κ3) is 3.87. The van der Waals surface area contributed by atoms with Crippen LogP contribution < -0.4 is 9.47 Å². The van der Waals surface area contributed by atoms with Crippen LogP contribution in [0.3, 0.4) is 0 Å². The van der Waals surface area contributed by atoms with Crippen molar-refractivity contribution < 1.29 is 14.3 Å². The summed E-state index contributed by atoms with van der Waals surface area (Å²) in [4.78, 5) is 12.3. The first-order valence-corrected chi connectivity index (χ1v) is 6.83. The molecule has 0 atom stereocenters. The molecule has 1 rings (SSSR count). The smallest absolute Gasteiger partial charge is 0.169 e. The third-order valence-corrected chi connectivity index (χ3v) is 2.87. The van der Waals surface area contributed by atoms with Gasteiger partial charge in [-0.2, -0.15) is 0 Å². The van der Waals surface area contributed by atoms with Crippen LogP contribution in [0.15, 0.2) is 12.1 Å². The van der Waals surface area contributed by atoms with Crippen molar-refractivity contribution >= 4 is 17.4 Å². The number of rotatable bonds is 5. The quantitative estimate of drug-likeness (QED) is 0.753. The maximum absolute atomic E-state index is 12.3. The number of carbonyl (C=O) groups is 1. The lowest BCUT2D eigenvalue weighted by Crippen LogP contribution is -2.20. The molecule has 0 aliphatic rings. The highest BCUT2D eigenvalue weighted by Crippen LogP contribution is 2.36. The number of carbonyl (C=O) groups excluding carboxylic acids is 1. The highest BCUT2D eigenvalue weighted by Gasteiger charge is 2.26. The number of hydrogen-bond acceptors (Lipinski definition) is 3. The molecular formula is C15H21ClO3. The van der Waals surface area contributed by atoms with Gasteiger partial charge in [0, 0.05) is 17.0 Å². The first-order chi connectivity index (χ1) is 8.81. The van der Waals surface area contributed by atoms with Crippen LogP contribution in [0.2, 0.25) is 5.02 Å². The van der Waals surface area contributed by atoms with Gasteiger partial charge in [0.2, 0.25) is 0 Å². The summed E-state index contributed by atoms with van der Waals surface area (Å²) in [6.45, 7) is 10.4. The summed E-state index contributed by atoms with van der Waals surface area (Å²) in [6, 6.07) is 3.32. The molecule has 3 nitrogen and oxygen atoms in total. The predicted octanol–water partition coefficient (Wildman–Crippen LogP) is 4.37. The minimum atomic E-state index is -0.486. The van der Waals surface area contributed by atoms with Crippen LogP contribution in [0.1, 0.15) is 45.0 Å². The van der Waals surface area contributed by atoms with Crippen molar-refractivity contribution in [3.8, 4) is 11.5 Å². The van der Waals surface area contributed by atoms with Crippen LogP contribution in [-0.2, 0) is 0 Å². The number of hydrogen-bond donors (Lipinski definition) is 0. The molecule has 1 aromatic carbocycles. The minimum absolute atomic E-state index is 0.0125. The van der Waals surface area contributed by atoms with Gasteiger partial charge >= 0.3 is 0 Å². The monoisotopic (exact) mass is 284 g/mol. The van der Waals surface area contributed by atoms with Crippen molar-refractivity contribution in [1.29, 1.82) is 0 Å². The Morgan fingerprint density at radius 3 is 2.00 bits per heavy atom.